The number of nitriles is 1. The number of alkyl halides is 3. The first-order valence-electron chi connectivity index (χ1n) is 12.4. The molecule has 0 spiro atoms. The number of nitrogens with zero attached hydrogens (tertiary/aromatic N) is 4. The molecule has 0 N–H and O–H groups in total. The lowest BCUT2D eigenvalue weighted by atomic mass is 9.87. The lowest BCUT2D eigenvalue weighted by molar-refractivity contribution is -0.171. The maximum Gasteiger partial charge on any atom is 0.391 e. The van der Waals surface area contributed by atoms with Crippen LogP contribution in [0.4, 0.5) is 17.6 Å². The van der Waals surface area contributed by atoms with E-state index in [-0.39, 0.29) is 12.3 Å². The molecule has 2 atom stereocenters. The lowest BCUT2D eigenvalue weighted by Gasteiger charge is -2.19. The summed E-state index contributed by atoms with van der Waals surface area (Å²) in [4.78, 5) is 13.4. The van der Waals surface area contributed by atoms with Gasteiger partial charge in [-0.1, -0.05) is 19.9 Å². The average molecular weight is 589 g/mol. The Morgan fingerprint density at radius 1 is 1.13 bits per heavy atom. The summed E-state index contributed by atoms with van der Waals surface area (Å²) in [6.45, 7) is 5.01. The molecule has 0 radical (unpaired) electrons. The second kappa shape index (κ2) is 13.1. The molecule has 0 aliphatic carbocycles. The molecule has 2 aromatic heterocycles. The van der Waals surface area contributed by atoms with Crippen LogP contribution in [0.1, 0.15) is 73.7 Å². The number of halogens is 5. The Kier molecular flexibility index (Phi) is 10.1. The largest absolute Gasteiger partial charge is 0.391 e. The average Bonchev–Trinajstić information content (AvgIpc) is 2.89. The van der Waals surface area contributed by atoms with Crippen LogP contribution in [0.3, 0.4) is 0 Å². The van der Waals surface area contributed by atoms with Crippen LogP contribution < -0.4 is 0 Å². The fraction of sp³-hybridized carbons (Fsp3) is 0.379. The third kappa shape index (κ3) is 7.47. The van der Waals surface area contributed by atoms with Gasteiger partial charge in [0, 0.05) is 24.5 Å². The van der Waals surface area contributed by atoms with Gasteiger partial charge in [0.1, 0.15) is 17.7 Å². The normalized spacial score (nSPS) is 14.0. The fourth-order valence-corrected chi connectivity index (χ4v) is 4.71. The topological polar surface area (TPSA) is 62.5 Å². The molecule has 2 heterocycles. The van der Waals surface area contributed by atoms with Gasteiger partial charge in [-0.2, -0.15) is 18.4 Å². The number of rotatable bonds is 10. The molecule has 0 aliphatic heterocycles. The van der Waals surface area contributed by atoms with Crippen LogP contribution in [0.2, 0.25) is 0 Å². The monoisotopic (exact) mass is 588 g/mol. The molecule has 9 heteroatoms. The van der Waals surface area contributed by atoms with Crippen molar-refractivity contribution in [2.24, 2.45) is 5.92 Å². The van der Waals surface area contributed by atoms with E-state index >= 15 is 0 Å². The molecule has 4 nitrogen and oxygen atoms in total. The van der Waals surface area contributed by atoms with Crippen molar-refractivity contribution in [3.8, 4) is 6.07 Å². The third-order valence-electron chi connectivity index (χ3n) is 6.64. The standard InChI is InChI=1S/C29H29BrF4N4/c1-4-21(28-36-11-6-12-37-28)14-23(24(16-35)22-15-26(31)25(30)13-18(22)2)27-10-9-20(17-38-27)8-5-7-19(3)29(32,33)34/h6,9-13,15,17,19,21H,4-5,7-8,14H2,1-3H3. The Morgan fingerprint density at radius 2 is 1.84 bits per heavy atom. The molecule has 2 unspecified atom stereocenters. The molecule has 200 valence electrons. The molecule has 3 aromatic rings. The SMILES string of the molecule is CCC(CC(=C(C#N)c1cc(F)c(Br)cc1C)c1ccc(CCCC(C)C(F)(F)F)cn1)c1ncccn1. The second-order valence-electron chi connectivity index (χ2n) is 9.35. The highest BCUT2D eigenvalue weighted by Gasteiger charge is 2.35. The highest BCUT2D eigenvalue weighted by Crippen LogP contribution is 2.37. The van der Waals surface area contributed by atoms with Crippen LogP contribution in [0, 0.1) is 30.0 Å². The van der Waals surface area contributed by atoms with Crippen molar-refractivity contribution >= 4 is 27.1 Å². The zero-order chi connectivity index (χ0) is 27.9. The summed E-state index contributed by atoms with van der Waals surface area (Å²) in [5.41, 5.74) is 3.50. The van der Waals surface area contributed by atoms with E-state index in [4.69, 9.17) is 0 Å². The molecule has 0 saturated heterocycles. The molecule has 0 saturated carbocycles. The molecular weight excluding hydrogens is 560 g/mol. The minimum absolute atomic E-state index is 0.0403. The number of hydrogen-bond donors (Lipinski definition) is 0. The number of hydrogen-bond acceptors (Lipinski definition) is 4. The minimum atomic E-state index is -4.20. The first kappa shape index (κ1) is 29.4. The first-order chi connectivity index (χ1) is 18.0. The van der Waals surface area contributed by atoms with E-state index in [1.807, 2.05) is 19.9 Å². The number of aromatic nitrogens is 3. The molecule has 0 fully saturated rings. The number of aryl methyl sites for hydroxylation is 2. The maximum atomic E-state index is 14.5. The van der Waals surface area contributed by atoms with Gasteiger partial charge in [-0.05, 0) is 101 Å². The van der Waals surface area contributed by atoms with Crippen LogP contribution in [0.15, 0.2) is 53.4 Å². The number of allylic oxidation sites excluding steroid dienone is 2. The summed E-state index contributed by atoms with van der Waals surface area (Å²) in [6, 6.07) is 10.6. The van der Waals surface area contributed by atoms with Crippen molar-refractivity contribution in [3.05, 3.63) is 87.4 Å². The van der Waals surface area contributed by atoms with Gasteiger partial charge >= 0.3 is 6.18 Å². The van der Waals surface area contributed by atoms with Gasteiger partial charge in [0.15, 0.2) is 0 Å². The van der Waals surface area contributed by atoms with Crippen molar-refractivity contribution in [2.45, 2.75) is 65.0 Å². The van der Waals surface area contributed by atoms with Crippen molar-refractivity contribution in [3.63, 3.8) is 0 Å². The van der Waals surface area contributed by atoms with E-state index in [0.29, 0.717) is 58.4 Å². The summed E-state index contributed by atoms with van der Waals surface area (Å²) < 4.78 is 53.3. The van der Waals surface area contributed by atoms with E-state index in [1.165, 1.54) is 13.0 Å². The van der Waals surface area contributed by atoms with Crippen LogP contribution in [-0.4, -0.2) is 21.1 Å². The van der Waals surface area contributed by atoms with Crippen molar-refractivity contribution < 1.29 is 17.6 Å². The quantitative estimate of drug-likeness (QED) is 0.176. The molecule has 0 amide bonds. The van der Waals surface area contributed by atoms with E-state index in [2.05, 4.69) is 37.0 Å². The maximum absolute atomic E-state index is 14.5. The van der Waals surface area contributed by atoms with E-state index in [9.17, 15) is 22.8 Å². The van der Waals surface area contributed by atoms with E-state index in [1.54, 1.807) is 36.8 Å². The molecule has 0 bridgehead atoms. The van der Waals surface area contributed by atoms with Gasteiger partial charge in [-0.3, -0.25) is 4.98 Å². The summed E-state index contributed by atoms with van der Waals surface area (Å²) in [7, 11) is 0. The zero-order valence-corrected chi connectivity index (χ0v) is 23.1. The molecule has 1 aromatic carbocycles. The predicted molar refractivity (Wildman–Crippen MR) is 143 cm³/mol. The molecular formula is C29H29BrF4N4. The van der Waals surface area contributed by atoms with E-state index < -0.39 is 17.9 Å². The lowest BCUT2D eigenvalue weighted by Crippen LogP contribution is -2.19. The van der Waals surface area contributed by atoms with Crippen LogP contribution in [0.5, 0.6) is 0 Å². The van der Waals surface area contributed by atoms with Gasteiger partial charge in [0.2, 0.25) is 0 Å². The highest BCUT2D eigenvalue weighted by atomic mass is 79.9. The fourth-order valence-electron chi connectivity index (χ4n) is 4.25. The molecule has 3 rings (SSSR count). The van der Waals surface area contributed by atoms with Gasteiger partial charge < -0.3 is 0 Å². The smallest absolute Gasteiger partial charge is 0.256 e. The highest BCUT2D eigenvalue weighted by molar-refractivity contribution is 9.10. The van der Waals surface area contributed by atoms with Crippen LogP contribution >= 0.6 is 15.9 Å². The van der Waals surface area contributed by atoms with Crippen molar-refractivity contribution in [2.75, 3.05) is 0 Å². The summed E-state index contributed by atoms with van der Waals surface area (Å²) in [5, 5.41) is 10.2. The predicted octanol–water partition coefficient (Wildman–Crippen LogP) is 8.62. The number of pyridine rings is 1. The summed E-state index contributed by atoms with van der Waals surface area (Å²) >= 11 is 3.20. The Hall–Kier alpha value is -3.12. The Bertz CT molecular complexity index is 1300. The van der Waals surface area contributed by atoms with Gasteiger partial charge in [0.05, 0.1) is 21.7 Å². The Morgan fingerprint density at radius 3 is 2.42 bits per heavy atom. The van der Waals surface area contributed by atoms with Crippen molar-refractivity contribution in [1.82, 2.24) is 15.0 Å². The van der Waals surface area contributed by atoms with Crippen LogP contribution in [-0.2, 0) is 6.42 Å². The zero-order valence-electron chi connectivity index (χ0n) is 21.5. The third-order valence-corrected chi connectivity index (χ3v) is 7.25. The van der Waals surface area contributed by atoms with Gasteiger partial charge in [0.25, 0.3) is 0 Å². The number of benzene rings is 1. The summed E-state index contributed by atoms with van der Waals surface area (Å²) in [5.74, 6) is -1.31. The Balaban J connectivity index is 2.00. The van der Waals surface area contributed by atoms with Crippen molar-refractivity contribution in [1.29, 1.82) is 5.26 Å². The Labute approximate surface area is 229 Å². The van der Waals surface area contributed by atoms with Gasteiger partial charge in [-0.25, -0.2) is 14.4 Å². The first-order valence-corrected chi connectivity index (χ1v) is 13.2. The summed E-state index contributed by atoms with van der Waals surface area (Å²) in [6.07, 6.45) is 2.76. The van der Waals surface area contributed by atoms with Gasteiger partial charge in [-0.15, -0.1) is 0 Å². The second-order valence-corrected chi connectivity index (χ2v) is 10.2. The molecule has 0 aliphatic rings. The molecule has 38 heavy (non-hydrogen) atoms. The minimum Gasteiger partial charge on any atom is -0.256 e. The van der Waals surface area contributed by atoms with E-state index in [0.717, 1.165) is 11.1 Å². The van der Waals surface area contributed by atoms with Crippen LogP contribution in [0.25, 0.3) is 11.1 Å².